The number of nitrogens with two attached hydrogens (primary N) is 1. The van der Waals surface area contributed by atoms with Gasteiger partial charge in [-0.3, -0.25) is 9.78 Å². The topological polar surface area (TPSA) is 93.3 Å². The van der Waals surface area contributed by atoms with E-state index >= 15 is 0 Å². The highest BCUT2D eigenvalue weighted by molar-refractivity contribution is 8.14. The van der Waals surface area contributed by atoms with Crippen molar-refractivity contribution in [1.29, 1.82) is 0 Å². The lowest BCUT2D eigenvalue weighted by molar-refractivity contribution is 0.102. The van der Waals surface area contributed by atoms with E-state index < -0.39 is 18.1 Å². The second-order valence-corrected chi connectivity index (χ2v) is 8.35. The molecule has 1 aliphatic heterocycles. The van der Waals surface area contributed by atoms with Gasteiger partial charge in [0.05, 0.1) is 15.7 Å². The fourth-order valence-electron chi connectivity index (χ4n) is 2.79. The SMILES string of the molecule is C[C@@]1(c2cc(NC(=O)c3ncc(Cl)cc3Cl)ccn2)C[C@@H](CF)SC(N)=N1. The molecule has 3 heterocycles. The number of hydrogen-bond donors (Lipinski definition) is 2. The molecule has 0 saturated carbocycles. The molecule has 1 aliphatic rings. The fraction of sp³-hybridized carbons (Fsp3) is 0.294. The zero-order valence-corrected chi connectivity index (χ0v) is 16.6. The van der Waals surface area contributed by atoms with E-state index in [9.17, 15) is 9.18 Å². The van der Waals surface area contributed by atoms with Crippen LogP contribution < -0.4 is 11.1 Å². The Kier molecular flexibility index (Phi) is 5.88. The van der Waals surface area contributed by atoms with Gasteiger partial charge in [-0.15, -0.1) is 0 Å². The predicted molar refractivity (Wildman–Crippen MR) is 107 cm³/mol. The summed E-state index contributed by atoms with van der Waals surface area (Å²) in [7, 11) is 0. The number of rotatable bonds is 4. The van der Waals surface area contributed by atoms with Gasteiger partial charge in [-0.1, -0.05) is 35.0 Å². The summed E-state index contributed by atoms with van der Waals surface area (Å²) in [6.45, 7) is 1.33. The molecule has 0 bridgehead atoms. The van der Waals surface area contributed by atoms with E-state index in [-0.39, 0.29) is 16.0 Å². The number of aliphatic imine (C=N–C) groups is 1. The van der Waals surface area contributed by atoms with E-state index in [2.05, 4.69) is 20.3 Å². The maximum absolute atomic E-state index is 13.2. The van der Waals surface area contributed by atoms with Crippen LogP contribution in [0.1, 0.15) is 29.5 Å². The molecular weight excluding hydrogens is 412 g/mol. The Labute approximate surface area is 169 Å². The average Bonchev–Trinajstić information content (AvgIpc) is 2.61. The summed E-state index contributed by atoms with van der Waals surface area (Å²) in [6.07, 6.45) is 3.34. The molecule has 3 rings (SSSR count). The number of carbonyl (C=O) groups is 1. The summed E-state index contributed by atoms with van der Waals surface area (Å²) in [5, 5.41) is 3.24. The molecule has 0 aromatic carbocycles. The molecule has 0 fully saturated rings. The fourth-order valence-corrected chi connectivity index (χ4v) is 4.33. The number of halogens is 3. The van der Waals surface area contributed by atoms with E-state index in [0.29, 0.717) is 28.0 Å². The van der Waals surface area contributed by atoms with Crippen LogP contribution in [-0.2, 0) is 5.54 Å². The summed E-state index contributed by atoms with van der Waals surface area (Å²) < 4.78 is 13.2. The number of amides is 1. The lowest BCUT2D eigenvalue weighted by Crippen LogP contribution is -2.35. The Balaban J connectivity index is 1.85. The van der Waals surface area contributed by atoms with E-state index in [0.717, 1.165) is 0 Å². The van der Waals surface area contributed by atoms with Crippen molar-refractivity contribution in [3.05, 3.63) is 52.0 Å². The highest BCUT2D eigenvalue weighted by atomic mass is 35.5. The summed E-state index contributed by atoms with van der Waals surface area (Å²) in [5.41, 5.74) is 6.20. The van der Waals surface area contributed by atoms with E-state index in [1.54, 1.807) is 18.3 Å². The summed E-state index contributed by atoms with van der Waals surface area (Å²) >= 11 is 13.0. The zero-order chi connectivity index (χ0) is 19.6. The third-order valence-corrected chi connectivity index (χ3v) is 5.49. The van der Waals surface area contributed by atoms with Gasteiger partial charge in [-0.05, 0) is 31.5 Å². The first kappa shape index (κ1) is 19.9. The summed E-state index contributed by atoms with van der Waals surface area (Å²) in [5.74, 6) is -0.484. The number of nitrogens with zero attached hydrogens (tertiary/aromatic N) is 3. The van der Waals surface area contributed by atoms with Crippen LogP contribution in [0.25, 0.3) is 0 Å². The van der Waals surface area contributed by atoms with Crippen molar-refractivity contribution in [3.63, 3.8) is 0 Å². The van der Waals surface area contributed by atoms with Gasteiger partial charge in [0.1, 0.15) is 17.9 Å². The van der Waals surface area contributed by atoms with E-state index in [4.69, 9.17) is 28.9 Å². The Hall–Kier alpha value is -1.90. The van der Waals surface area contributed by atoms with Gasteiger partial charge in [0, 0.05) is 23.3 Å². The molecular formula is C17H16Cl2FN5OS. The lowest BCUT2D eigenvalue weighted by Gasteiger charge is -2.32. The van der Waals surface area contributed by atoms with Crippen LogP contribution in [0.2, 0.25) is 10.0 Å². The molecule has 27 heavy (non-hydrogen) atoms. The van der Waals surface area contributed by atoms with Gasteiger partial charge in [0.2, 0.25) is 0 Å². The Morgan fingerprint density at radius 1 is 1.44 bits per heavy atom. The van der Waals surface area contributed by atoms with Crippen LogP contribution in [-0.4, -0.2) is 33.0 Å². The van der Waals surface area contributed by atoms with Crippen molar-refractivity contribution in [2.75, 3.05) is 12.0 Å². The van der Waals surface area contributed by atoms with Crippen molar-refractivity contribution in [2.45, 2.75) is 24.1 Å². The molecule has 0 aliphatic carbocycles. The molecule has 2 aromatic rings. The molecule has 2 aromatic heterocycles. The molecule has 1 amide bonds. The molecule has 142 valence electrons. The minimum Gasteiger partial charge on any atom is -0.379 e. The number of thioether (sulfide) groups is 1. The molecule has 0 radical (unpaired) electrons. The quantitative estimate of drug-likeness (QED) is 0.767. The van der Waals surface area contributed by atoms with E-state index in [1.165, 1.54) is 24.0 Å². The van der Waals surface area contributed by atoms with Crippen molar-refractivity contribution >= 4 is 51.7 Å². The number of pyridine rings is 2. The van der Waals surface area contributed by atoms with Crippen LogP contribution >= 0.6 is 35.0 Å². The van der Waals surface area contributed by atoms with Crippen molar-refractivity contribution < 1.29 is 9.18 Å². The van der Waals surface area contributed by atoms with Gasteiger partial charge < -0.3 is 11.1 Å². The molecule has 10 heteroatoms. The average molecular weight is 428 g/mol. The monoisotopic (exact) mass is 427 g/mol. The van der Waals surface area contributed by atoms with Crippen molar-refractivity contribution in [3.8, 4) is 0 Å². The number of hydrogen-bond acceptors (Lipinski definition) is 6. The van der Waals surface area contributed by atoms with Crippen molar-refractivity contribution in [1.82, 2.24) is 9.97 Å². The van der Waals surface area contributed by atoms with Gasteiger partial charge in [0.25, 0.3) is 5.91 Å². The second-order valence-electron chi connectivity index (χ2n) is 6.19. The third-order valence-electron chi connectivity index (χ3n) is 4.03. The minimum absolute atomic E-state index is 0.0551. The summed E-state index contributed by atoms with van der Waals surface area (Å²) in [4.78, 5) is 25.2. The predicted octanol–water partition coefficient (Wildman–Crippen LogP) is 4.04. The molecule has 2 atom stereocenters. The highest BCUT2D eigenvalue weighted by Crippen LogP contribution is 2.38. The second kappa shape index (κ2) is 8.00. The van der Waals surface area contributed by atoms with Crippen LogP contribution in [0.3, 0.4) is 0 Å². The zero-order valence-electron chi connectivity index (χ0n) is 14.2. The first-order chi connectivity index (χ1) is 12.8. The number of alkyl halides is 1. The molecule has 6 nitrogen and oxygen atoms in total. The maximum atomic E-state index is 13.2. The molecule has 0 spiro atoms. The molecule has 0 unspecified atom stereocenters. The third kappa shape index (κ3) is 4.51. The number of aromatic nitrogens is 2. The standard InChI is InChI=1S/C17H16Cl2FN5OS/c1-17(6-11(7-20)27-16(21)25-17)13-5-10(2-3-22-13)24-15(26)14-12(19)4-9(18)8-23-14/h2-5,8,11H,6-7H2,1H3,(H2,21,25)(H,22,24,26)/t11-,17-/m0/s1. The minimum atomic E-state index is -0.775. The first-order valence-corrected chi connectivity index (χ1v) is 9.61. The van der Waals surface area contributed by atoms with Crippen molar-refractivity contribution in [2.24, 2.45) is 10.7 Å². The Morgan fingerprint density at radius 3 is 2.93 bits per heavy atom. The normalized spacial score (nSPS) is 22.2. The summed E-state index contributed by atoms with van der Waals surface area (Å²) in [6, 6.07) is 4.76. The number of nitrogens with one attached hydrogen (secondary N) is 1. The van der Waals surface area contributed by atoms with E-state index in [1.807, 2.05) is 6.92 Å². The van der Waals surface area contributed by atoms with Gasteiger partial charge >= 0.3 is 0 Å². The first-order valence-electron chi connectivity index (χ1n) is 7.97. The Bertz CT molecular complexity index is 913. The highest BCUT2D eigenvalue weighted by Gasteiger charge is 2.36. The molecule has 0 saturated heterocycles. The van der Waals surface area contributed by atoms with Crippen LogP contribution in [0.4, 0.5) is 10.1 Å². The van der Waals surface area contributed by atoms with Gasteiger partial charge in [-0.25, -0.2) is 14.4 Å². The number of amidine groups is 1. The number of carbonyl (C=O) groups excluding carboxylic acids is 1. The number of anilines is 1. The maximum Gasteiger partial charge on any atom is 0.275 e. The van der Waals surface area contributed by atoms with Crippen LogP contribution in [0.15, 0.2) is 35.6 Å². The smallest absolute Gasteiger partial charge is 0.275 e. The van der Waals surface area contributed by atoms with Gasteiger partial charge in [-0.2, -0.15) is 0 Å². The van der Waals surface area contributed by atoms with Crippen LogP contribution in [0, 0.1) is 0 Å². The largest absolute Gasteiger partial charge is 0.379 e. The van der Waals surface area contributed by atoms with Gasteiger partial charge in [0.15, 0.2) is 5.17 Å². The Morgan fingerprint density at radius 2 is 2.22 bits per heavy atom. The van der Waals surface area contributed by atoms with Crippen LogP contribution in [0.5, 0.6) is 0 Å². The lowest BCUT2D eigenvalue weighted by atomic mass is 9.91. The molecule has 3 N–H and O–H groups in total.